The maximum absolute atomic E-state index is 5.89. The van der Waals surface area contributed by atoms with Crippen LogP contribution < -0.4 is 0 Å². The summed E-state index contributed by atoms with van der Waals surface area (Å²) in [4.78, 5) is 3.94. The number of ether oxygens (including phenoxy) is 1. The summed E-state index contributed by atoms with van der Waals surface area (Å²) < 4.78 is 7.64. The number of hydrogen-bond acceptors (Lipinski definition) is 2. The van der Waals surface area contributed by atoms with Crippen molar-refractivity contribution in [3.8, 4) is 0 Å². The second-order valence-corrected chi connectivity index (χ2v) is 4.71. The van der Waals surface area contributed by atoms with Gasteiger partial charge in [-0.2, -0.15) is 0 Å². The SMILES string of the molecule is CC(C)COCn1c(Br)nc(Cl)c1Cl. The van der Waals surface area contributed by atoms with Crippen LogP contribution in [0.2, 0.25) is 10.3 Å². The van der Waals surface area contributed by atoms with Crippen LogP contribution in [-0.2, 0) is 11.5 Å². The molecule has 0 aromatic carbocycles. The van der Waals surface area contributed by atoms with Gasteiger partial charge in [-0.1, -0.05) is 37.0 Å². The average Bonchev–Trinajstić information content (AvgIpc) is 2.31. The third-order valence-electron chi connectivity index (χ3n) is 1.49. The first kappa shape index (κ1) is 12.3. The zero-order valence-electron chi connectivity index (χ0n) is 7.93. The Balaban J connectivity index is 2.58. The molecule has 14 heavy (non-hydrogen) atoms. The van der Waals surface area contributed by atoms with Crippen LogP contribution in [0.25, 0.3) is 0 Å². The first-order valence-corrected chi connectivity index (χ1v) is 5.72. The third kappa shape index (κ3) is 3.12. The second-order valence-electron chi connectivity index (χ2n) is 3.28. The molecule has 0 radical (unpaired) electrons. The normalized spacial score (nSPS) is 11.3. The molecule has 6 heteroatoms. The van der Waals surface area contributed by atoms with E-state index in [9.17, 15) is 0 Å². The summed E-state index contributed by atoms with van der Waals surface area (Å²) in [6.45, 7) is 5.20. The fourth-order valence-corrected chi connectivity index (χ4v) is 1.88. The smallest absolute Gasteiger partial charge is 0.181 e. The number of hydrogen-bond donors (Lipinski definition) is 0. The molecular formula is C8H11BrCl2N2O. The Bertz CT molecular complexity index is 315. The van der Waals surface area contributed by atoms with E-state index in [1.807, 2.05) is 0 Å². The maximum atomic E-state index is 5.89. The van der Waals surface area contributed by atoms with Gasteiger partial charge in [-0.25, -0.2) is 4.98 Å². The fourth-order valence-electron chi connectivity index (χ4n) is 0.869. The molecule has 1 aromatic heterocycles. The zero-order valence-corrected chi connectivity index (χ0v) is 11.0. The topological polar surface area (TPSA) is 27.1 Å². The molecule has 0 N–H and O–H groups in total. The van der Waals surface area contributed by atoms with Gasteiger partial charge >= 0.3 is 0 Å². The van der Waals surface area contributed by atoms with Crippen molar-refractivity contribution in [1.29, 1.82) is 0 Å². The van der Waals surface area contributed by atoms with Gasteiger partial charge in [0, 0.05) is 0 Å². The standard InChI is InChI=1S/C8H11BrCl2N2O/c1-5(2)3-14-4-13-7(11)6(10)12-8(13)9/h5H,3-4H2,1-2H3. The highest BCUT2D eigenvalue weighted by atomic mass is 79.9. The molecule has 0 unspecified atom stereocenters. The van der Waals surface area contributed by atoms with Gasteiger partial charge in [-0.15, -0.1) is 0 Å². The van der Waals surface area contributed by atoms with Crippen molar-refractivity contribution < 1.29 is 4.74 Å². The first-order valence-electron chi connectivity index (χ1n) is 4.17. The van der Waals surface area contributed by atoms with Crippen molar-refractivity contribution in [2.75, 3.05) is 6.61 Å². The molecule has 80 valence electrons. The summed E-state index contributed by atoms with van der Waals surface area (Å²) in [7, 11) is 0. The predicted molar refractivity (Wildman–Crippen MR) is 60.7 cm³/mol. The quantitative estimate of drug-likeness (QED) is 0.850. The highest BCUT2D eigenvalue weighted by Crippen LogP contribution is 2.25. The average molecular weight is 302 g/mol. The predicted octanol–water partition coefficient (Wildman–Crippen LogP) is 3.58. The van der Waals surface area contributed by atoms with E-state index < -0.39 is 0 Å². The van der Waals surface area contributed by atoms with Crippen LogP contribution in [0.5, 0.6) is 0 Å². The van der Waals surface area contributed by atoms with Crippen LogP contribution in [0.15, 0.2) is 4.73 Å². The van der Waals surface area contributed by atoms with E-state index in [1.54, 1.807) is 4.57 Å². The summed E-state index contributed by atoms with van der Waals surface area (Å²) in [5, 5.41) is 0.675. The Hall–Kier alpha value is 0.230. The van der Waals surface area contributed by atoms with Crippen molar-refractivity contribution >= 4 is 39.1 Å². The highest BCUT2D eigenvalue weighted by Gasteiger charge is 2.11. The number of aromatic nitrogens is 2. The van der Waals surface area contributed by atoms with Gasteiger partial charge in [0.25, 0.3) is 0 Å². The van der Waals surface area contributed by atoms with Crippen LogP contribution in [-0.4, -0.2) is 16.2 Å². The minimum absolute atomic E-state index is 0.284. The number of nitrogens with zero attached hydrogens (tertiary/aromatic N) is 2. The third-order valence-corrected chi connectivity index (χ3v) is 2.84. The van der Waals surface area contributed by atoms with Crippen molar-refractivity contribution in [2.45, 2.75) is 20.6 Å². The summed E-state index contributed by atoms with van der Waals surface area (Å²) >= 11 is 14.9. The van der Waals surface area contributed by atoms with Crippen molar-refractivity contribution in [3.05, 3.63) is 15.0 Å². The monoisotopic (exact) mass is 300 g/mol. The lowest BCUT2D eigenvalue weighted by atomic mass is 10.2. The molecule has 1 rings (SSSR count). The summed E-state index contributed by atoms with van der Waals surface area (Å²) in [6.07, 6.45) is 0. The van der Waals surface area contributed by atoms with Crippen LogP contribution >= 0.6 is 39.1 Å². The largest absolute Gasteiger partial charge is 0.360 e. The molecule has 3 nitrogen and oxygen atoms in total. The molecule has 1 heterocycles. The van der Waals surface area contributed by atoms with Gasteiger partial charge in [-0.05, 0) is 21.8 Å². The Morgan fingerprint density at radius 2 is 2.14 bits per heavy atom. The second kappa shape index (κ2) is 5.35. The molecule has 0 spiro atoms. The van der Waals surface area contributed by atoms with Crippen LogP contribution in [0.3, 0.4) is 0 Å². The first-order chi connectivity index (χ1) is 6.52. The van der Waals surface area contributed by atoms with Crippen LogP contribution in [0.4, 0.5) is 0 Å². The Labute approximate surface area is 101 Å². The van der Waals surface area contributed by atoms with Crippen LogP contribution in [0, 0.1) is 5.92 Å². The van der Waals surface area contributed by atoms with E-state index in [0.717, 1.165) is 0 Å². The number of halogens is 3. The molecular weight excluding hydrogens is 291 g/mol. The van der Waals surface area contributed by atoms with E-state index in [-0.39, 0.29) is 5.15 Å². The zero-order chi connectivity index (χ0) is 10.7. The highest BCUT2D eigenvalue weighted by molar-refractivity contribution is 9.10. The van der Waals surface area contributed by atoms with E-state index >= 15 is 0 Å². The Morgan fingerprint density at radius 3 is 2.57 bits per heavy atom. The van der Waals surface area contributed by atoms with Gasteiger partial charge in [0.15, 0.2) is 15.0 Å². The van der Waals surface area contributed by atoms with Gasteiger partial charge in [-0.3, -0.25) is 4.57 Å². The van der Waals surface area contributed by atoms with Gasteiger partial charge < -0.3 is 4.74 Å². The molecule has 0 saturated carbocycles. The number of rotatable bonds is 4. The molecule has 1 aromatic rings. The van der Waals surface area contributed by atoms with E-state index in [1.165, 1.54) is 0 Å². The van der Waals surface area contributed by atoms with E-state index in [0.29, 0.717) is 29.1 Å². The van der Waals surface area contributed by atoms with Crippen molar-refractivity contribution in [2.24, 2.45) is 5.92 Å². The molecule has 0 aliphatic carbocycles. The molecule has 0 fully saturated rings. The lowest BCUT2D eigenvalue weighted by Crippen LogP contribution is -2.07. The van der Waals surface area contributed by atoms with E-state index in [4.69, 9.17) is 27.9 Å². The molecule has 0 bridgehead atoms. The minimum Gasteiger partial charge on any atom is -0.360 e. The summed E-state index contributed by atoms with van der Waals surface area (Å²) in [5.74, 6) is 0.492. The lowest BCUT2D eigenvalue weighted by Gasteiger charge is -2.08. The molecule has 0 atom stereocenters. The van der Waals surface area contributed by atoms with Crippen molar-refractivity contribution in [1.82, 2.24) is 9.55 Å². The Kier molecular flexibility index (Phi) is 4.70. The van der Waals surface area contributed by atoms with Gasteiger partial charge in [0.1, 0.15) is 6.73 Å². The van der Waals surface area contributed by atoms with Gasteiger partial charge in [0.05, 0.1) is 6.61 Å². The fraction of sp³-hybridized carbons (Fsp3) is 0.625. The van der Waals surface area contributed by atoms with Crippen LogP contribution in [0.1, 0.15) is 13.8 Å². The number of imidazole rings is 1. The molecule has 0 saturated heterocycles. The maximum Gasteiger partial charge on any atom is 0.181 e. The van der Waals surface area contributed by atoms with Gasteiger partial charge in [0.2, 0.25) is 0 Å². The molecule has 0 amide bonds. The Morgan fingerprint density at radius 1 is 1.50 bits per heavy atom. The minimum atomic E-state index is 0.284. The van der Waals surface area contributed by atoms with E-state index in [2.05, 4.69) is 34.8 Å². The molecule has 0 aliphatic rings. The summed E-state index contributed by atoms with van der Waals surface area (Å²) in [6, 6.07) is 0. The molecule has 0 aliphatic heterocycles. The van der Waals surface area contributed by atoms with Crippen molar-refractivity contribution in [3.63, 3.8) is 0 Å². The lowest BCUT2D eigenvalue weighted by molar-refractivity contribution is 0.0566. The summed E-state index contributed by atoms with van der Waals surface area (Å²) in [5.41, 5.74) is 0.